The molecule has 0 amide bonds. The Hall–Kier alpha value is -1.35. The van der Waals surface area contributed by atoms with Crippen LogP contribution in [0.3, 0.4) is 0 Å². The number of benzene rings is 1. The molecule has 1 aromatic carbocycles. The van der Waals surface area contributed by atoms with Crippen molar-refractivity contribution >= 4 is 5.78 Å². The van der Waals surface area contributed by atoms with Gasteiger partial charge in [-0.2, -0.15) is 0 Å². The van der Waals surface area contributed by atoms with Crippen LogP contribution in [0.15, 0.2) is 24.3 Å². The molecule has 2 rings (SSSR count). The molecule has 0 aromatic heterocycles. The molecule has 1 aromatic rings. The van der Waals surface area contributed by atoms with Crippen molar-refractivity contribution < 1.29 is 9.53 Å². The van der Waals surface area contributed by atoms with Gasteiger partial charge in [-0.15, -0.1) is 0 Å². The second-order valence-electron chi connectivity index (χ2n) is 5.95. The van der Waals surface area contributed by atoms with Gasteiger partial charge in [0, 0.05) is 24.9 Å². The minimum absolute atomic E-state index is 0.270. The Balaban J connectivity index is 1.82. The zero-order chi connectivity index (χ0) is 14.5. The van der Waals surface area contributed by atoms with Gasteiger partial charge in [-0.3, -0.25) is 4.79 Å². The Labute approximate surface area is 121 Å². The highest BCUT2D eigenvalue weighted by Gasteiger charge is 2.30. The van der Waals surface area contributed by atoms with Crippen LogP contribution in [0.4, 0.5) is 0 Å². The Morgan fingerprint density at radius 3 is 2.80 bits per heavy atom. The van der Waals surface area contributed by atoms with Crippen LogP contribution in [0, 0.1) is 0 Å². The van der Waals surface area contributed by atoms with E-state index in [1.165, 1.54) is 0 Å². The largest absolute Gasteiger partial charge is 0.490 e. The molecule has 0 saturated heterocycles. The molecule has 0 spiro atoms. The Kier molecular flexibility index (Phi) is 5.18. The lowest BCUT2D eigenvalue weighted by Gasteiger charge is -2.37. The van der Waals surface area contributed by atoms with Crippen LogP contribution < -0.4 is 10.1 Å². The monoisotopic (exact) mass is 275 g/mol. The fourth-order valence-corrected chi connectivity index (χ4v) is 2.54. The maximum atomic E-state index is 11.5. The zero-order valence-electron chi connectivity index (χ0n) is 12.7. The molecule has 1 aliphatic rings. The average Bonchev–Trinajstić information content (AvgIpc) is 2.36. The number of nitrogens with one attached hydrogen (secondary N) is 1. The first-order valence-corrected chi connectivity index (χ1v) is 7.60. The number of Topliss-reactive ketones (excluding diaryl/α,β-unsaturated/α-hetero) is 1. The number of carbonyl (C=O) groups excluding carboxylic acids is 1. The number of carbonyl (C=O) groups is 1. The van der Waals surface area contributed by atoms with Gasteiger partial charge < -0.3 is 10.1 Å². The Bertz CT molecular complexity index is 450. The molecule has 0 bridgehead atoms. The summed E-state index contributed by atoms with van der Waals surface area (Å²) in [6.45, 7) is 6.24. The van der Waals surface area contributed by atoms with Gasteiger partial charge in [-0.1, -0.05) is 32.9 Å². The summed E-state index contributed by atoms with van der Waals surface area (Å²) < 4.78 is 5.97. The summed E-state index contributed by atoms with van der Waals surface area (Å²) >= 11 is 0. The van der Waals surface area contributed by atoms with Crippen molar-refractivity contribution in [3.05, 3.63) is 29.8 Å². The van der Waals surface area contributed by atoms with E-state index in [0.29, 0.717) is 31.0 Å². The van der Waals surface area contributed by atoms with Crippen molar-refractivity contribution in [2.24, 2.45) is 0 Å². The number of hydrogen-bond donors (Lipinski definition) is 1. The molecular weight excluding hydrogens is 250 g/mol. The molecule has 3 heteroatoms. The van der Waals surface area contributed by atoms with E-state index >= 15 is 0 Å². The lowest BCUT2D eigenvalue weighted by molar-refractivity contribution is -0.118. The van der Waals surface area contributed by atoms with Crippen molar-refractivity contribution in [3.63, 3.8) is 0 Å². The molecule has 3 nitrogen and oxygen atoms in total. The molecule has 0 aliphatic heterocycles. The smallest absolute Gasteiger partial charge is 0.136 e. The highest BCUT2D eigenvalue weighted by molar-refractivity contribution is 5.80. The predicted octanol–water partition coefficient (Wildman–Crippen LogP) is 3.12. The molecule has 0 heterocycles. The summed E-state index contributed by atoms with van der Waals surface area (Å²) in [6, 6.07) is 9.05. The van der Waals surface area contributed by atoms with Crippen LogP contribution in [0.5, 0.6) is 5.75 Å². The molecular formula is C17H25NO2. The van der Waals surface area contributed by atoms with E-state index in [2.05, 4.69) is 19.2 Å². The van der Waals surface area contributed by atoms with E-state index in [1.54, 1.807) is 0 Å². The standard InChI is InChI=1S/C17H25NO2/c1-4-15(19)8-13-6-5-7-16(9-13)20-17-10-14(11-17)18-12(2)3/h5-7,9,12,14,17-18H,4,8,10-11H2,1-3H3. The van der Waals surface area contributed by atoms with Gasteiger partial charge in [0.15, 0.2) is 0 Å². The number of rotatable bonds is 7. The molecule has 0 atom stereocenters. The minimum Gasteiger partial charge on any atom is -0.490 e. The van der Waals surface area contributed by atoms with E-state index in [4.69, 9.17) is 4.74 Å². The molecule has 1 saturated carbocycles. The third-order valence-corrected chi connectivity index (χ3v) is 3.66. The maximum Gasteiger partial charge on any atom is 0.136 e. The van der Waals surface area contributed by atoms with Crippen molar-refractivity contribution in [1.29, 1.82) is 0 Å². The third-order valence-electron chi connectivity index (χ3n) is 3.66. The first-order chi connectivity index (χ1) is 9.56. The summed E-state index contributed by atoms with van der Waals surface area (Å²) in [4.78, 5) is 11.5. The normalized spacial score (nSPS) is 21.6. The first kappa shape index (κ1) is 15.0. The van der Waals surface area contributed by atoms with Crippen LogP contribution in [-0.2, 0) is 11.2 Å². The van der Waals surface area contributed by atoms with E-state index in [0.717, 1.165) is 24.2 Å². The van der Waals surface area contributed by atoms with E-state index < -0.39 is 0 Å². The van der Waals surface area contributed by atoms with E-state index in [9.17, 15) is 4.79 Å². The lowest BCUT2D eigenvalue weighted by atomic mass is 9.88. The first-order valence-electron chi connectivity index (χ1n) is 7.60. The lowest BCUT2D eigenvalue weighted by Crippen LogP contribution is -2.49. The summed E-state index contributed by atoms with van der Waals surface area (Å²) in [6.07, 6.45) is 3.54. The zero-order valence-corrected chi connectivity index (χ0v) is 12.7. The minimum atomic E-state index is 0.270. The molecule has 1 N–H and O–H groups in total. The highest BCUT2D eigenvalue weighted by Crippen LogP contribution is 2.26. The van der Waals surface area contributed by atoms with Gasteiger partial charge in [0.1, 0.15) is 17.6 Å². The Morgan fingerprint density at radius 2 is 2.15 bits per heavy atom. The number of ketones is 1. The van der Waals surface area contributed by atoms with Gasteiger partial charge >= 0.3 is 0 Å². The van der Waals surface area contributed by atoms with E-state index in [-0.39, 0.29) is 5.78 Å². The molecule has 1 fully saturated rings. The molecule has 20 heavy (non-hydrogen) atoms. The van der Waals surface area contributed by atoms with E-state index in [1.807, 2.05) is 31.2 Å². The van der Waals surface area contributed by atoms with Gasteiger partial charge in [0.25, 0.3) is 0 Å². The molecule has 0 radical (unpaired) electrons. The van der Waals surface area contributed by atoms with Crippen molar-refractivity contribution in [3.8, 4) is 5.75 Å². The maximum absolute atomic E-state index is 11.5. The summed E-state index contributed by atoms with van der Waals surface area (Å²) in [5, 5.41) is 3.52. The van der Waals surface area contributed by atoms with Gasteiger partial charge in [-0.25, -0.2) is 0 Å². The van der Waals surface area contributed by atoms with Gasteiger partial charge in [0.2, 0.25) is 0 Å². The van der Waals surface area contributed by atoms with Gasteiger partial charge in [0.05, 0.1) is 0 Å². The summed E-state index contributed by atoms with van der Waals surface area (Å²) in [7, 11) is 0. The predicted molar refractivity (Wildman–Crippen MR) is 81.2 cm³/mol. The van der Waals surface area contributed by atoms with Crippen LogP contribution >= 0.6 is 0 Å². The van der Waals surface area contributed by atoms with Crippen LogP contribution in [0.25, 0.3) is 0 Å². The van der Waals surface area contributed by atoms with Crippen LogP contribution in [-0.4, -0.2) is 24.0 Å². The fourth-order valence-electron chi connectivity index (χ4n) is 2.54. The van der Waals surface area contributed by atoms with Gasteiger partial charge in [-0.05, 0) is 30.5 Å². The Morgan fingerprint density at radius 1 is 1.40 bits per heavy atom. The second-order valence-corrected chi connectivity index (χ2v) is 5.95. The molecule has 110 valence electrons. The molecule has 1 aliphatic carbocycles. The van der Waals surface area contributed by atoms with Crippen LogP contribution in [0.2, 0.25) is 0 Å². The van der Waals surface area contributed by atoms with Crippen molar-refractivity contribution in [1.82, 2.24) is 5.32 Å². The van der Waals surface area contributed by atoms with Crippen molar-refractivity contribution in [2.75, 3.05) is 0 Å². The SMILES string of the molecule is CCC(=O)Cc1cccc(OC2CC(NC(C)C)C2)c1. The third kappa shape index (κ3) is 4.34. The quantitative estimate of drug-likeness (QED) is 0.831. The topological polar surface area (TPSA) is 38.3 Å². The number of ether oxygens (including phenoxy) is 1. The number of hydrogen-bond acceptors (Lipinski definition) is 3. The van der Waals surface area contributed by atoms with Crippen molar-refractivity contribution in [2.45, 2.75) is 64.6 Å². The summed E-state index contributed by atoms with van der Waals surface area (Å²) in [5.41, 5.74) is 1.05. The average molecular weight is 275 g/mol. The fraction of sp³-hybridized carbons (Fsp3) is 0.588. The second kappa shape index (κ2) is 6.89. The van der Waals surface area contributed by atoms with Crippen LogP contribution in [0.1, 0.15) is 45.6 Å². The summed E-state index contributed by atoms with van der Waals surface area (Å²) in [5.74, 6) is 1.16. The highest BCUT2D eigenvalue weighted by atomic mass is 16.5. The molecule has 0 unspecified atom stereocenters.